The van der Waals surface area contributed by atoms with E-state index in [1.54, 1.807) is 20.8 Å². The van der Waals surface area contributed by atoms with E-state index in [0.29, 0.717) is 12.2 Å². The van der Waals surface area contributed by atoms with Crippen molar-refractivity contribution >= 4 is 5.97 Å². The van der Waals surface area contributed by atoms with Gasteiger partial charge in [0.15, 0.2) is 0 Å². The molecule has 0 bridgehead atoms. The first-order valence-corrected chi connectivity index (χ1v) is 5.51. The monoisotopic (exact) mass is 214 g/mol. The fourth-order valence-corrected chi connectivity index (χ4v) is 1.13. The topological polar surface area (TPSA) is 46.5 Å². The summed E-state index contributed by atoms with van der Waals surface area (Å²) in [5, 5.41) is 9.27. The lowest BCUT2D eigenvalue weighted by Crippen LogP contribution is -2.12. The van der Waals surface area contributed by atoms with Crippen molar-refractivity contribution in [2.45, 2.75) is 46.6 Å². The first-order chi connectivity index (χ1) is 6.99. The number of aliphatic hydroxyl groups excluding tert-OH is 1. The number of esters is 1. The van der Waals surface area contributed by atoms with Crippen molar-refractivity contribution in [1.29, 1.82) is 0 Å². The van der Waals surface area contributed by atoms with Gasteiger partial charge >= 0.3 is 5.97 Å². The molecule has 0 aliphatic carbocycles. The Morgan fingerprint density at radius 2 is 2.07 bits per heavy atom. The molecule has 0 aliphatic heterocycles. The Balaban J connectivity index is 3.90. The van der Waals surface area contributed by atoms with Gasteiger partial charge in [0.2, 0.25) is 0 Å². The molecule has 0 saturated carbocycles. The maximum Gasteiger partial charge on any atom is 0.333 e. The van der Waals surface area contributed by atoms with Crippen LogP contribution in [0.5, 0.6) is 0 Å². The summed E-state index contributed by atoms with van der Waals surface area (Å²) in [6.07, 6.45) is 3.27. The molecule has 15 heavy (non-hydrogen) atoms. The predicted molar refractivity (Wildman–Crippen MR) is 60.5 cm³/mol. The Morgan fingerprint density at radius 3 is 2.53 bits per heavy atom. The van der Waals surface area contributed by atoms with Gasteiger partial charge in [-0.3, -0.25) is 0 Å². The molecule has 0 rings (SSSR count). The van der Waals surface area contributed by atoms with E-state index < -0.39 is 0 Å². The predicted octanol–water partition coefficient (Wildman–Crippen LogP) is 2.29. The average Bonchev–Trinajstić information content (AvgIpc) is 2.17. The quantitative estimate of drug-likeness (QED) is 0.545. The van der Waals surface area contributed by atoms with Crippen LogP contribution < -0.4 is 0 Å². The normalized spacial score (nSPS) is 15.9. The van der Waals surface area contributed by atoms with Crippen molar-refractivity contribution in [2.24, 2.45) is 5.92 Å². The van der Waals surface area contributed by atoms with Crippen LogP contribution >= 0.6 is 0 Å². The van der Waals surface area contributed by atoms with E-state index in [1.807, 2.05) is 13.0 Å². The molecule has 0 aromatic heterocycles. The molecule has 1 N–H and O–H groups in total. The second kappa shape index (κ2) is 7.46. The molecule has 3 heteroatoms. The van der Waals surface area contributed by atoms with Gasteiger partial charge in [-0.05, 0) is 39.5 Å². The Morgan fingerprint density at radius 1 is 1.47 bits per heavy atom. The number of hydrogen-bond acceptors (Lipinski definition) is 3. The van der Waals surface area contributed by atoms with E-state index in [9.17, 15) is 9.90 Å². The molecular formula is C12H22O3. The van der Waals surface area contributed by atoms with Crippen LogP contribution in [0.3, 0.4) is 0 Å². The Kier molecular flexibility index (Phi) is 7.05. The van der Waals surface area contributed by atoms with Crippen molar-refractivity contribution in [3.05, 3.63) is 11.6 Å². The third-order valence-electron chi connectivity index (χ3n) is 2.49. The molecule has 0 saturated heterocycles. The van der Waals surface area contributed by atoms with Crippen molar-refractivity contribution in [3.8, 4) is 0 Å². The lowest BCUT2D eigenvalue weighted by atomic mass is 9.99. The van der Waals surface area contributed by atoms with Gasteiger partial charge in [-0.25, -0.2) is 4.79 Å². The van der Waals surface area contributed by atoms with Crippen molar-refractivity contribution < 1.29 is 14.6 Å². The summed E-state index contributed by atoms with van der Waals surface area (Å²) in [4.78, 5) is 11.2. The Hall–Kier alpha value is -0.830. The Labute approximate surface area is 92.1 Å². The molecule has 0 heterocycles. The summed E-state index contributed by atoms with van der Waals surface area (Å²) < 4.78 is 4.85. The van der Waals surface area contributed by atoms with Crippen LogP contribution in [0.4, 0.5) is 0 Å². The summed E-state index contributed by atoms with van der Waals surface area (Å²) in [7, 11) is 0. The molecule has 0 aromatic rings. The van der Waals surface area contributed by atoms with E-state index >= 15 is 0 Å². The van der Waals surface area contributed by atoms with E-state index in [4.69, 9.17) is 4.74 Å². The number of ether oxygens (including phenoxy) is 1. The van der Waals surface area contributed by atoms with Crippen molar-refractivity contribution in [1.82, 2.24) is 0 Å². The summed E-state index contributed by atoms with van der Waals surface area (Å²) in [5.41, 5.74) is 0.648. The van der Waals surface area contributed by atoms with Gasteiger partial charge in [0, 0.05) is 5.57 Å². The smallest absolute Gasteiger partial charge is 0.333 e. The number of allylic oxidation sites excluding steroid dienone is 1. The minimum absolute atomic E-state index is 0.248. The van der Waals surface area contributed by atoms with Gasteiger partial charge in [0.1, 0.15) is 0 Å². The molecule has 0 aromatic carbocycles. The lowest BCUT2D eigenvalue weighted by molar-refractivity contribution is -0.138. The molecule has 0 amide bonds. The minimum Gasteiger partial charge on any atom is -0.463 e. The standard InChI is InChI=1S/C12H22O3/c1-5-15-12(14)10(3)8-6-7-9(2)11(4)13/h8-9,11,13H,5-7H2,1-4H3/b10-8+/t9-,11+/m0/s1. The second-order valence-corrected chi connectivity index (χ2v) is 3.90. The van der Waals surface area contributed by atoms with Gasteiger partial charge in [-0.2, -0.15) is 0 Å². The highest BCUT2D eigenvalue weighted by atomic mass is 16.5. The van der Waals surface area contributed by atoms with E-state index in [1.165, 1.54) is 0 Å². The van der Waals surface area contributed by atoms with E-state index in [2.05, 4.69) is 0 Å². The fraction of sp³-hybridized carbons (Fsp3) is 0.750. The molecule has 88 valence electrons. The van der Waals surface area contributed by atoms with Crippen LogP contribution in [0.1, 0.15) is 40.5 Å². The summed E-state index contributed by atoms with van der Waals surface area (Å²) in [6, 6.07) is 0. The molecule has 0 aliphatic rings. The zero-order chi connectivity index (χ0) is 11.8. The number of rotatable bonds is 6. The summed E-state index contributed by atoms with van der Waals surface area (Å²) >= 11 is 0. The largest absolute Gasteiger partial charge is 0.463 e. The second-order valence-electron chi connectivity index (χ2n) is 3.90. The van der Waals surface area contributed by atoms with Crippen LogP contribution in [0.2, 0.25) is 0 Å². The number of carbonyl (C=O) groups is 1. The average molecular weight is 214 g/mol. The van der Waals surface area contributed by atoms with Gasteiger partial charge in [0.25, 0.3) is 0 Å². The van der Waals surface area contributed by atoms with Crippen LogP contribution in [-0.4, -0.2) is 23.8 Å². The first-order valence-electron chi connectivity index (χ1n) is 5.51. The molecule has 0 spiro atoms. The minimum atomic E-state index is -0.290. The number of hydrogen-bond donors (Lipinski definition) is 1. The number of aliphatic hydroxyl groups is 1. The summed E-state index contributed by atoms with van der Waals surface area (Å²) in [5.74, 6) is 0.0124. The molecule has 2 atom stereocenters. The van der Waals surface area contributed by atoms with Crippen LogP contribution in [0.15, 0.2) is 11.6 Å². The SMILES string of the molecule is CCOC(=O)/C(C)=C/CC[C@H](C)[C@@H](C)O. The zero-order valence-corrected chi connectivity index (χ0v) is 10.1. The molecule has 3 nitrogen and oxygen atoms in total. The highest BCUT2D eigenvalue weighted by molar-refractivity contribution is 5.87. The van der Waals surface area contributed by atoms with Crippen molar-refractivity contribution in [2.75, 3.05) is 6.61 Å². The molecular weight excluding hydrogens is 192 g/mol. The fourth-order valence-electron chi connectivity index (χ4n) is 1.13. The van der Waals surface area contributed by atoms with Crippen molar-refractivity contribution in [3.63, 3.8) is 0 Å². The third-order valence-corrected chi connectivity index (χ3v) is 2.49. The molecule has 0 unspecified atom stereocenters. The Bertz CT molecular complexity index is 219. The maximum atomic E-state index is 11.2. The lowest BCUT2D eigenvalue weighted by Gasteiger charge is -2.12. The van der Waals surface area contributed by atoms with E-state index in [-0.39, 0.29) is 18.0 Å². The van der Waals surface area contributed by atoms with Gasteiger partial charge in [-0.1, -0.05) is 13.0 Å². The van der Waals surface area contributed by atoms with E-state index in [0.717, 1.165) is 12.8 Å². The highest BCUT2D eigenvalue weighted by Crippen LogP contribution is 2.12. The molecule has 0 fully saturated rings. The maximum absolute atomic E-state index is 11.2. The van der Waals surface area contributed by atoms with Gasteiger partial charge in [-0.15, -0.1) is 0 Å². The first kappa shape index (κ1) is 14.2. The summed E-state index contributed by atoms with van der Waals surface area (Å²) in [6.45, 7) is 7.74. The van der Waals surface area contributed by atoms with Gasteiger partial charge in [0.05, 0.1) is 12.7 Å². The van der Waals surface area contributed by atoms with Crippen LogP contribution in [0.25, 0.3) is 0 Å². The van der Waals surface area contributed by atoms with Gasteiger partial charge < -0.3 is 9.84 Å². The van der Waals surface area contributed by atoms with Crippen LogP contribution in [0, 0.1) is 5.92 Å². The number of carbonyl (C=O) groups excluding carboxylic acids is 1. The zero-order valence-electron chi connectivity index (χ0n) is 10.1. The third kappa shape index (κ3) is 6.28. The van der Waals surface area contributed by atoms with Crippen LogP contribution in [-0.2, 0) is 9.53 Å². The molecule has 0 radical (unpaired) electrons. The highest BCUT2D eigenvalue weighted by Gasteiger charge is 2.08.